The third kappa shape index (κ3) is 3.78. The molecule has 2 aromatic carbocycles. The molecule has 28 heavy (non-hydrogen) atoms. The molecule has 0 bridgehead atoms. The Bertz CT molecular complexity index is 1150. The van der Waals surface area contributed by atoms with Gasteiger partial charge < -0.3 is 5.32 Å². The summed E-state index contributed by atoms with van der Waals surface area (Å²) in [4.78, 5) is 21.2. The van der Waals surface area contributed by atoms with Crippen molar-refractivity contribution in [2.45, 2.75) is 26.3 Å². The molecule has 0 aliphatic heterocycles. The smallest absolute Gasteiger partial charge is 0.274 e. The number of nitrogens with one attached hydrogen (secondary N) is 2. The average molecular weight is 377 g/mol. The fourth-order valence-corrected chi connectivity index (χ4v) is 3.03. The second kappa shape index (κ2) is 7.64. The molecule has 0 atom stereocenters. The first-order valence-electron chi connectivity index (χ1n) is 9.20. The number of hydrogen-bond donors (Lipinski definition) is 2. The lowest BCUT2D eigenvalue weighted by Gasteiger charge is -2.07. The highest BCUT2D eigenvalue weighted by molar-refractivity contribution is 5.56. The maximum atomic E-state index is 13.1. The molecule has 0 unspecified atom stereocenters. The maximum absolute atomic E-state index is 13.1. The van der Waals surface area contributed by atoms with E-state index < -0.39 is 0 Å². The van der Waals surface area contributed by atoms with Crippen molar-refractivity contribution < 1.29 is 4.39 Å². The third-order valence-corrected chi connectivity index (χ3v) is 4.47. The molecule has 2 aromatic heterocycles. The van der Waals surface area contributed by atoms with Crippen molar-refractivity contribution in [1.29, 1.82) is 0 Å². The van der Waals surface area contributed by atoms with Crippen LogP contribution in [0.2, 0.25) is 0 Å². The van der Waals surface area contributed by atoms with Crippen molar-refractivity contribution in [2.24, 2.45) is 0 Å². The Hall–Kier alpha value is -3.48. The van der Waals surface area contributed by atoms with Crippen molar-refractivity contribution >= 4 is 11.5 Å². The summed E-state index contributed by atoms with van der Waals surface area (Å²) in [6.45, 7) is 2.57. The molecule has 6 nitrogen and oxygen atoms in total. The Balaban J connectivity index is 1.55. The lowest BCUT2D eigenvalue weighted by atomic mass is 10.1. The number of hydrogen-bond acceptors (Lipinski definition) is 4. The number of halogens is 1. The Kier molecular flexibility index (Phi) is 4.89. The summed E-state index contributed by atoms with van der Waals surface area (Å²) in [6, 6.07) is 15.6. The summed E-state index contributed by atoms with van der Waals surface area (Å²) >= 11 is 0. The lowest BCUT2D eigenvalue weighted by Crippen LogP contribution is -2.17. The second-order valence-corrected chi connectivity index (χ2v) is 6.60. The zero-order valence-corrected chi connectivity index (χ0v) is 15.4. The first kappa shape index (κ1) is 17.9. The van der Waals surface area contributed by atoms with Crippen LogP contribution in [-0.4, -0.2) is 19.6 Å². The molecule has 4 aromatic rings. The Morgan fingerprint density at radius 1 is 1.07 bits per heavy atom. The van der Waals surface area contributed by atoms with Crippen LogP contribution in [-0.2, 0) is 13.0 Å². The zero-order chi connectivity index (χ0) is 19.5. The highest BCUT2D eigenvalue weighted by Gasteiger charge is 2.10. The van der Waals surface area contributed by atoms with Crippen LogP contribution in [0.25, 0.3) is 17.2 Å². The van der Waals surface area contributed by atoms with Crippen molar-refractivity contribution in [2.75, 3.05) is 5.32 Å². The van der Waals surface area contributed by atoms with Gasteiger partial charge in [-0.2, -0.15) is 9.50 Å². The first-order chi connectivity index (χ1) is 13.6. The molecule has 0 saturated heterocycles. The minimum Gasteiger partial charge on any atom is -0.379 e. The van der Waals surface area contributed by atoms with Crippen molar-refractivity contribution in [3.8, 4) is 11.4 Å². The number of aromatic amines is 1. The number of nitrogens with zero attached hydrogens (tertiary/aromatic N) is 3. The topological polar surface area (TPSA) is 75.1 Å². The second-order valence-electron chi connectivity index (χ2n) is 6.60. The normalized spacial score (nSPS) is 11.1. The largest absolute Gasteiger partial charge is 0.379 e. The number of aryl methyl sites for hydroxylation is 1. The van der Waals surface area contributed by atoms with Gasteiger partial charge in [0, 0.05) is 17.3 Å². The molecule has 0 fully saturated rings. The van der Waals surface area contributed by atoms with Crippen LogP contribution in [0.3, 0.4) is 0 Å². The summed E-state index contributed by atoms with van der Waals surface area (Å²) < 4.78 is 14.4. The fourth-order valence-electron chi connectivity index (χ4n) is 3.03. The van der Waals surface area contributed by atoms with E-state index in [0.717, 1.165) is 18.5 Å². The number of rotatable bonds is 6. The van der Waals surface area contributed by atoms with Gasteiger partial charge in [0.05, 0.1) is 12.2 Å². The van der Waals surface area contributed by atoms with Crippen molar-refractivity contribution in [3.05, 3.63) is 82.0 Å². The molecule has 0 amide bonds. The quantitative estimate of drug-likeness (QED) is 0.536. The average Bonchev–Trinajstić information content (AvgIpc) is 3.13. The van der Waals surface area contributed by atoms with E-state index in [1.54, 1.807) is 12.1 Å². The summed E-state index contributed by atoms with van der Waals surface area (Å²) in [5, 5.41) is 6.18. The summed E-state index contributed by atoms with van der Waals surface area (Å²) in [5.74, 6) is 0.411. The summed E-state index contributed by atoms with van der Waals surface area (Å²) in [7, 11) is 0. The van der Waals surface area contributed by atoms with E-state index in [2.05, 4.69) is 39.4 Å². The molecule has 0 spiro atoms. The van der Waals surface area contributed by atoms with Gasteiger partial charge in [0.2, 0.25) is 0 Å². The van der Waals surface area contributed by atoms with Crippen molar-refractivity contribution in [1.82, 2.24) is 19.6 Å². The van der Waals surface area contributed by atoms with Gasteiger partial charge in [-0.1, -0.05) is 25.5 Å². The predicted octanol–water partition coefficient (Wildman–Crippen LogP) is 3.79. The predicted molar refractivity (Wildman–Crippen MR) is 107 cm³/mol. The van der Waals surface area contributed by atoms with Crippen LogP contribution in [0.1, 0.15) is 24.6 Å². The zero-order valence-electron chi connectivity index (χ0n) is 15.4. The molecular weight excluding hydrogens is 357 g/mol. The van der Waals surface area contributed by atoms with Crippen LogP contribution in [0, 0.1) is 5.82 Å². The maximum Gasteiger partial charge on any atom is 0.274 e. The summed E-state index contributed by atoms with van der Waals surface area (Å²) in [5.41, 5.74) is 3.30. The number of anilines is 1. The Morgan fingerprint density at radius 3 is 2.54 bits per heavy atom. The van der Waals surface area contributed by atoms with Gasteiger partial charge in [-0.25, -0.2) is 9.37 Å². The highest BCUT2D eigenvalue weighted by Crippen LogP contribution is 2.16. The minimum absolute atomic E-state index is 0.249. The van der Waals surface area contributed by atoms with Gasteiger partial charge in [0.15, 0.2) is 5.82 Å². The fraction of sp³-hybridized carbons (Fsp3) is 0.190. The van der Waals surface area contributed by atoms with Gasteiger partial charge in [0.25, 0.3) is 11.3 Å². The van der Waals surface area contributed by atoms with Gasteiger partial charge in [-0.05, 0) is 48.4 Å². The van der Waals surface area contributed by atoms with Crippen LogP contribution in [0.4, 0.5) is 10.1 Å². The number of fused-ring (bicyclic) bond motifs is 1. The van der Waals surface area contributed by atoms with E-state index in [4.69, 9.17) is 0 Å². The van der Waals surface area contributed by atoms with Gasteiger partial charge in [-0.15, -0.1) is 0 Å². The number of H-pyrrole nitrogens is 1. The summed E-state index contributed by atoms with van der Waals surface area (Å²) in [6.07, 6.45) is 2.18. The Labute approximate surface area is 161 Å². The van der Waals surface area contributed by atoms with Crippen LogP contribution < -0.4 is 10.9 Å². The molecule has 0 aliphatic carbocycles. The van der Waals surface area contributed by atoms with Crippen LogP contribution in [0.15, 0.2) is 59.4 Å². The molecule has 0 saturated carbocycles. The Morgan fingerprint density at radius 2 is 1.82 bits per heavy atom. The molecule has 0 aliphatic rings. The molecule has 4 rings (SSSR count). The number of aromatic nitrogens is 4. The van der Waals surface area contributed by atoms with Gasteiger partial charge in [-0.3, -0.25) is 9.89 Å². The van der Waals surface area contributed by atoms with E-state index in [-0.39, 0.29) is 17.2 Å². The first-order valence-corrected chi connectivity index (χ1v) is 9.20. The molecule has 0 radical (unpaired) electrons. The standard InChI is InChI=1S/C21H20FN5O/c1-2-3-14-4-10-17(11-5-14)23-13-18-12-19(28)27-21(24-18)25-20(26-27)15-6-8-16(22)9-7-15/h4-12,23H,2-3,13H2,1H3,(H,24,25,26). The minimum atomic E-state index is -0.328. The molecule has 142 valence electrons. The van der Waals surface area contributed by atoms with E-state index in [1.165, 1.54) is 28.3 Å². The molecule has 2 N–H and O–H groups in total. The molecular formula is C21H20FN5O. The van der Waals surface area contributed by atoms with E-state index in [0.29, 0.717) is 23.6 Å². The van der Waals surface area contributed by atoms with E-state index in [9.17, 15) is 9.18 Å². The molecule has 2 heterocycles. The van der Waals surface area contributed by atoms with Crippen LogP contribution >= 0.6 is 0 Å². The monoisotopic (exact) mass is 377 g/mol. The number of benzene rings is 2. The highest BCUT2D eigenvalue weighted by atomic mass is 19.1. The van der Waals surface area contributed by atoms with Crippen LogP contribution in [0.5, 0.6) is 0 Å². The van der Waals surface area contributed by atoms with E-state index >= 15 is 0 Å². The molecule has 7 heteroatoms. The van der Waals surface area contributed by atoms with Gasteiger partial charge >= 0.3 is 0 Å². The lowest BCUT2D eigenvalue weighted by molar-refractivity contribution is 0.628. The van der Waals surface area contributed by atoms with Gasteiger partial charge in [0.1, 0.15) is 5.82 Å². The SMILES string of the molecule is CCCc1ccc(NCc2cc(=O)n3[nH]c(-c4ccc(F)cc4)nc3n2)cc1. The van der Waals surface area contributed by atoms with E-state index in [1.807, 2.05) is 12.1 Å². The third-order valence-electron chi connectivity index (χ3n) is 4.47. The van der Waals surface area contributed by atoms with Crippen molar-refractivity contribution in [3.63, 3.8) is 0 Å².